The summed E-state index contributed by atoms with van der Waals surface area (Å²) in [5.41, 5.74) is 2.28. The van der Waals surface area contributed by atoms with Gasteiger partial charge in [-0.15, -0.1) is 0 Å². The van der Waals surface area contributed by atoms with Gasteiger partial charge in [-0.3, -0.25) is 10.1 Å². The highest BCUT2D eigenvalue weighted by Gasteiger charge is 2.18. The highest BCUT2D eigenvalue weighted by molar-refractivity contribution is 7.80. The maximum Gasteiger partial charge on any atom is 0.257 e. The molecule has 0 unspecified atom stereocenters. The van der Waals surface area contributed by atoms with E-state index in [1.807, 2.05) is 18.2 Å². The van der Waals surface area contributed by atoms with Crippen molar-refractivity contribution in [3.63, 3.8) is 0 Å². The zero-order valence-corrected chi connectivity index (χ0v) is 19.9. The zero-order valence-electron chi connectivity index (χ0n) is 18.3. The summed E-state index contributed by atoms with van der Waals surface area (Å²) in [4.78, 5) is 14.8. The fourth-order valence-electron chi connectivity index (χ4n) is 3.39. The quantitative estimate of drug-likeness (QED) is 0.539. The highest BCUT2D eigenvalue weighted by atomic mass is 35.5. The fourth-order valence-corrected chi connectivity index (χ4v) is 3.90. The van der Waals surface area contributed by atoms with Crippen LogP contribution in [0.15, 0.2) is 42.5 Å². The summed E-state index contributed by atoms with van der Waals surface area (Å²) in [7, 11) is 0. The van der Waals surface area contributed by atoms with E-state index in [0.29, 0.717) is 23.1 Å². The first-order valence-electron chi connectivity index (χ1n) is 10.7. The van der Waals surface area contributed by atoms with Crippen LogP contribution in [0.1, 0.15) is 44.0 Å². The van der Waals surface area contributed by atoms with Crippen molar-refractivity contribution < 1.29 is 9.53 Å². The third-order valence-electron chi connectivity index (χ3n) is 5.26. The van der Waals surface area contributed by atoms with Crippen molar-refractivity contribution in [1.82, 2.24) is 5.32 Å². The Morgan fingerprint density at radius 3 is 2.48 bits per heavy atom. The molecule has 3 rings (SSSR count). The molecule has 2 aromatic rings. The average Bonchev–Trinajstić information content (AvgIpc) is 2.73. The van der Waals surface area contributed by atoms with Gasteiger partial charge >= 0.3 is 0 Å². The summed E-state index contributed by atoms with van der Waals surface area (Å²) in [5, 5.41) is 6.64. The lowest BCUT2D eigenvalue weighted by Crippen LogP contribution is -2.34. The number of anilines is 2. The molecule has 0 saturated carbocycles. The van der Waals surface area contributed by atoms with E-state index in [4.69, 9.17) is 28.6 Å². The van der Waals surface area contributed by atoms with Gasteiger partial charge in [-0.2, -0.15) is 0 Å². The van der Waals surface area contributed by atoms with Gasteiger partial charge in [0.2, 0.25) is 0 Å². The van der Waals surface area contributed by atoms with E-state index in [-0.39, 0.29) is 11.0 Å². The van der Waals surface area contributed by atoms with Gasteiger partial charge in [0.1, 0.15) is 5.75 Å². The van der Waals surface area contributed by atoms with E-state index in [0.717, 1.165) is 36.1 Å². The second-order valence-corrected chi connectivity index (χ2v) is 9.29. The van der Waals surface area contributed by atoms with Crippen molar-refractivity contribution in [3.8, 4) is 5.75 Å². The Kier molecular flexibility index (Phi) is 8.15. The van der Waals surface area contributed by atoms with Crippen LogP contribution in [-0.2, 0) is 0 Å². The van der Waals surface area contributed by atoms with Crippen LogP contribution in [0.4, 0.5) is 11.4 Å². The van der Waals surface area contributed by atoms with Crippen LogP contribution in [-0.4, -0.2) is 30.7 Å². The average molecular weight is 460 g/mol. The second kappa shape index (κ2) is 10.8. The number of amides is 1. The van der Waals surface area contributed by atoms with E-state index in [1.54, 1.807) is 24.3 Å². The van der Waals surface area contributed by atoms with Crippen molar-refractivity contribution in [2.24, 2.45) is 11.8 Å². The molecule has 0 aromatic heterocycles. The first-order valence-corrected chi connectivity index (χ1v) is 11.5. The van der Waals surface area contributed by atoms with Gasteiger partial charge in [0.05, 0.1) is 17.3 Å². The monoisotopic (exact) mass is 459 g/mol. The van der Waals surface area contributed by atoms with Crippen LogP contribution < -0.4 is 20.3 Å². The molecule has 5 nitrogen and oxygen atoms in total. The Hall–Kier alpha value is -2.31. The summed E-state index contributed by atoms with van der Waals surface area (Å²) in [6.45, 7) is 9.13. The van der Waals surface area contributed by atoms with Crippen LogP contribution in [0.2, 0.25) is 5.02 Å². The summed E-state index contributed by atoms with van der Waals surface area (Å²) in [6, 6.07) is 12.8. The fraction of sp³-hybridized carbons (Fsp3) is 0.417. The van der Waals surface area contributed by atoms with Gasteiger partial charge in [0.25, 0.3) is 5.91 Å². The van der Waals surface area contributed by atoms with Crippen LogP contribution >= 0.6 is 23.8 Å². The lowest BCUT2D eigenvalue weighted by atomic mass is 9.99. The summed E-state index contributed by atoms with van der Waals surface area (Å²) in [6.07, 6.45) is 2.36. The Balaban J connectivity index is 1.54. The minimum Gasteiger partial charge on any atom is -0.493 e. The van der Waals surface area contributed by atoms with Gasteiger partial charge in [-0.1, -0.05) is 32.4 Å². The van der Waals surface area contributed by atoms with Crippen molar-refractivity contribution in [3.05, 3.63) is 53.1 Å². The van der Waals surface area contributed by atoms with Crippen LogP contribution in [0.3, 0.4) is 0 Å². The number of rotatable bonds is 6. The number of nitrogens with zero attached hydrogens (tertiary/aromatic N) is 1. The van der Waals surface area contributed by atoms with E-state index in [2.05, 4.69) is 36.3 Å². The number of halogens is 1. The molecule has 0 atom stereocenters. The summed E-state index contributed by atoms with van der Waals surface area (Å²) < 4.78 is 5.65. The molecule has 1 heterocycles. The molecule has 0 radical (unpaired) electrons. The number of carbonyl (C=O) groups is 1. The van der Waals surface area contributed by atoms with Gasteiger partial charge in [0, 0.05) is 24.3 Å². The lowest BCUT2D eigenvalue weighted by molar-refractivity contribution is 0.0977. The molecular weight excluding hydrogens is 430 g/mol. The van der Waals surface area contributed by atoms with Gasteiger partial charge < -0.3 is 15.0 Å². The topological polar surface area (TPSA) is 53.6 Å². The van der Waals surface area contributed by atoms with Crippen molar-refractivity contribution in [2.75, 3.05) is 29.9 Å². The molecule has 1 aliphatic rings. The number of carbonyl (C=O) groups excluding carboxylic acids is 1. The number of hydrogen-bond donors (Lipinski definition) is 2. The summed E-state index contributed by atoms with van der Waals surface area (Å²) in [5.74, 6) is 1.67. The Morgan fingerprint density at radius 1 is 1.19 bits per heavy atom. The molecular formula is C24H30ClN3O2S. The lowest BCUT2D eigenvalue weighted by Gasteiger charge is -2.32. The Morgan fingerprint density at radius 2 is 1.87 bits per heavy atom. The predicted octanol–water partition coefficient (Wildman–Crippen LogP) is 5.74. The summed E-state index contributed by atoms with van der Waals surface area (Å²) >= 11 is 11.8. The van der Waals surface area contributed by atoms with E-state index >= 15 is 0 Å². The standard InChI is InChI=1S/C24H30ClN3O2S/c1-16(2)15-30-20-7-4-18(5-8-20)23(29)27-24(31)26-19-6-9-22(21(25)14-19)28-12-10-17(3)11-13-28/h4-9,14,16-17H,10-13,15H2,1-3H3,(H2,26,27,29,31). The molecule has 2 N–H and O–H groups in total. The third kappa shape index (κ3) is 6.84. The largest absolute Gasteiger partial charge is 0.493 e. The first-order chi connectivity index (χ1) is 14.8. The number of ether oxygens (including phenoxy) is 1. The number of piperidine rings is 1. The predicted molar refractivity (Wildman–Crippen MR) is 133 cm³/mol. The van der Waals surface area contributed by atoms with Gasteiger partial charge in [-0.25, -0.2) is 0 Å². The first kappa shape index (κ1) is 23.4. The highest BCUT2D eigenvalue weighted by Crippen LogP contribution is 2.31. The smallest absolute Gasteiger partial charge is 0.257 e. The molecule has 0 aliphatic carbocycles. The minimum absolute atomic E-state index is 0.223. The molecule has 1 fully saturated rings. The SMILES string of the molecule is CC(C)COc1ccc(C(=O)NC(=S)Nc2ccc(N3CCC(C)CC3)c(Cl)c2)cc1. The Labute approximate surface area is 195 Å². The number of nitrogens with one attached hydrogen (secondary N) is 2. The maximum atomic E-state index is 12.5. The molecule has 1 aliphatic heterocycles. The Bertz CT molecular complexity index is 910. The second-order valence-electron chi connectivity index (χ2n) is 8.47. The molecule has 7 heteroatoms. The molecule has 2 aromatic carbocycles. The van der Waals surface area contributed by atoms with E-state index in [1.165, 1.54) is 12.8 Å². The molecule has 0 bridgehead atoms. The third-order valence-corrected chi connectivity index (χ3v) is 5.76. The van der Waals surface area contributed by atoms with Crippen molar-refractivity contribution >= 4 is 46.2 Å². The van der Waals surface area contributed by atoms with Crippen LogP contribution in [0.25, 0.3) is 0 Å². The maximum absolute atomic E-state index is 12.5. The number of thiocarbonyl (C=S) groups is 1. The minimum atomic E-state index is -0.280. The van der Waals surface area contributed by atoms with E-state index in [9.17, 15) is 4.79 Å². The van der Waals surface area contributed by atoms with Crippen LogP contribution in [0.5, 0.6) is 5.75 Å². The van der Waals surface area contributed by atoms with E-state index < -0.39 is 0 Å². The van der Waals surface area contributed by atoms with Gasteiger partial charge in [0.15, 0.2) is 5.11 Å². The van der Waals surface area contributed by atoms with Gasteiger partial charge in [-0.05, 0) is 79.4 Å². The molecule has 1 saturated heterocycles. The normalized spacial score (nSPS) is 14.4. The zero-order chi connectivity index (χ0) is 22.4. The van der Waals surface area contributed by atoms with Crippen LogP contribution in [0, 0.1) is 11.8 Å². The molecule has 31 heavy (non-hydrogen) atoms. The number of benzene rings is 2. The number of hydrogen-bond acceptors (Lipinski definition) is 4. The van der Waals surface area contributed by atoms with Crippen molar-refractivity contribution in [1.29, 1.82) is 0 Å². The van der Waals surface area contributed by atoms with Crippen molar-refractivity contribution in [2.45, 2.75) is 33.6 Å². The molecule has 166 valence electrons. The molecule has 1 amide bonds. The molecule has 0 spiro atoms.